The van der Waals surface area contributed by atoms with Crippen molar-refractivity contribution < 1.29 is 8.78 Å². The van der Waals surface area contributed by atoms with Crippen molar-refractivity contribution in [1.29, 1.82) is 0 Å². The second-order valence-corrected chi connectivity index (χ2v) is 2.94. The first kappa shape index (κ1) is 8.71. The summed E-state index contributed by atoms with van der Waals surface area (Å²) in [5.41, 5.74) is 0.656. The lowest BCUT2D eigenvalue weighted by Crippen LogP contribution is -1.86. The van der Waals surface area contributed by atoms with E-state index in [4.69, 9.17) is 6.42 Å². The van der Waals surface area contributed by atoms with Crippen LogP contribution in [-0.2, 0) is 0 Å². The lowest BCUT2D eigenvalue weighted by molar-refractivity contribution is 0.517. The van der Waals surface area contributed by atoms with Crippen LogP contribution in [0.4, 0.5) is 8.78 Å². The van der Waals surface area contributed by atoms with Crippen molar-refractivity contribution in [2.24, 2.45) is 0 Å². The van der Waals surface area contributed by atoms with Gasteiger partial charge in [0.25, 0.3) is 0 Å². The van der Waals surface area contributed by atoms with E-state index in [9.17, 15) is 8.78 Å². The SMILES string of the molecule is C#Cc1ccc2c(F)c(F)ccc2c1. The molecule has 0 atom stereocenters. The summed E-state index contributed by atoms with van der Waals surface area (Å²) in [4.78, 5) is 0. The fraction of sp³-hybridized carbons (Fsp3) is 0. The zero-order valence-electron chi connectivity index (χ0n) is 7.22. The van der Waals surface area contributed by atoms with Gasteiger partial charge in [0.15, 0.2) is 11.6 Å². The Morgan fingerprint density at radius 2 is 1.86 bits per heavy atom. The summed E-state index contributed by atoms with van der Waals surface area (Å²) in [6.07, 6.45) is 5.19. The van der Waals surface area contributed by atoms with Crippen molar-refractivity contribution in [2.45, 2.75) is 0 Å². The number of halogens is 2. The van der Waals surface area contributed by atoms with Gasteiger partial charge in [-0.25, -0.2) is 8.78 Å². The van der Waals surface area contributed by atoms with E-state index in [2.05, 4.69) is 5.92 Å². The number of hydrogen-bond acceptors (Lipinski definition) is 0. The maximum atomic E-state index is 13.2. The summed E-state index contributed by atoms with van der Waals surface area (Å²) < 4.78 is 26.0. The zero-order valence-corrected chi connectivity index (χ0v) is 7.22. The third-order valence-corrected chi connectivity index (χ3v) is 2.07. The zero-order chi connectivity index (χ0) is 10.1. The molecule has 0 heterocycles. The molecule has 2 aromatic rings. The number of fused-ring (bicyclic) bond motifs is 1. The molecular formula is C12H6F2. The van der Waals surface area contributed by atoms with E-state index in [1.54, 1.807) is 12.1 Å². The highest BCUT2D eigenvalue weighted by Gasteiger charge is 2.06. The summed E-state index contributed by atoms with van der Waals surface area (Å²) in [6, 6.07) is 7.33. The van der Waals surface area contributed by atoms with Crippen LogP contribution in [0, 0.1) is 24.0 Å². The van der Waals surface area contributed by atoms with Gasteiger partial charge in [-0.1, -0.05) is 18.1 Å². The molecule has 0 unspecified atom stereocenters. The molecule has 0 aliphatic carbocycles. The minimum absolute atomic E-state index is 0.254. The highest BCUT2D eigenvalue weighted by molar-refractivity contribution is 5.84. The van der Waals surface area contributed by atoms with Gasteiger partial charge in [-0.2, -0.15) is 0 Å². The molecule has 0 radical (unpaired) electrons. The standard InChI is InChI=1S/C12H6F2/c1-2-8-3-5-10-9(7-8)4-6-11(13)12(10)14/h1,3-7H. The maximum absolute atomic E-state index is 13.2. The Bertz CT molecular complexity index is 536. The number of benzene rings is 2. The van der Waals surface area contributed by atoms with Gasteiger partial charge in [-0.15, -0.1) is 6.42 Å². The summed E-state index contributed by atoms with van der Waals surface area (Å²) in [5.74, 6) is 0.768. The smallest absolute Gasteiger partial charge is 0.166 e. The quantitative estimate of drug-likeness (QED) is 0.557. The molecule has 0 saturated carbocycles. The van der Waals surface area contributed by atoms with E-state index in [1.165, 1.54) is 12.1 Å². The topological polar surface area (TPSA) is 0 Å². The Labute approximate surface area is 80.2 Å². The van der Waals surface area contributed by atoms with E-state index in [1.807, 2.05) is 0 Å². The minimum atomic E-state index is -0.842. The normalized spacial score (nSPS) is 10.1. The first-order chi connectivity index (χ1) is 6.72. The van der Waals surface area contributed by atoms with Crippen LogP contribution in [0.1, 0.15) is 5.56 Å². The Hall–Kier alpha value is -1.88. The molecule has 0 N–H and O–H groups in total. The van der Waals surface area contributed by atoms with Gasteiger partial charge in [0.2, 0.25) is 0 Å². The van der Waals surface area contributed by atoms with Gasteiger partial charge in [0, 0.05) is 10.9 Å². The first-order valence-electron chi connectivity index (χ1n) is 4.07. The van der Waals surface area contributed by atoms with Gasteiger partial charge in [0.05, 0.1) is 0 Å². The molecule has 0 fully saturated rings. The first-order valence-corrected chi connectivity index (χ1v) is 4.07. The molecule has 0 aliphatic rings. The summed E-state index contributed by atoms with van der Waals surface area (Å²) >= 11 is 0. The summed E-state index contributed by atoms with van der Waals surface area (Å²) in [7, 11) is 0. The third-order valence-electron chi connectivity index (χ3n) is 2.07. The van der Waals surface area contributed by atoms with Crippen LogP contribution < -0.4 is 0 Å². The van der Waals surface area contributed by atoms with Crippen molar-refractivity contribution >= 4 is 10.8 Å². The molecule has 14 heavy (non-hydrogen) atoms. The number of rotatable bonds is 0. The molecule has 2 rings (SSSR count). The van der Waals surface area contributed by atoms with Gasteiger partial charge in [-0.05, 0) is 23.6 Å². The molecule has 2 heteroatoms. The molecule has 0 spiro atoms. The number of hydrogen-bond donors (Lipinski definition) is 0. The van der Waals surface area contributed by atoms with Crippen molar-refractivity contribution in [3.63, 3.8) is 0 Å². The van der Waals surface area contributed by atoms with E-state index < -0.39 is 11.6 Å². The molecule has 0 aromatic heterocycles. The average Bonchev–Trinajstić information content (AvgIpc) is 2.23. The Balaban J connectivity index is 2.83. The van der Waals surface area contributed by atoms with Crippen LogP contribution in [0.25, 0.3) is 10.8 Å². The lowest BCUT2D eigenvalue weighted by atomic mass is 10.1. The maximum Gasteiger partial charge on any atom is 0.166 e. The Morgan fingerprint density at radius 3 is 2.57 bits per heavy atom. The molecular weight excluding hydrogens is 182 g/mol. The largest absolute Gasteiger partial charge is 0.204 e. The summed E-state index contributed by atoms with van der Waals surface area (Å²) in [5, 5.41) is 0.864. The number of terminal acetylenes is 1. The highest BCUT2D eigenvalue weighted by atomic mass is 19.2. The molecule has 68 valence electrons. The Morgan fingerprint density at radius 1 is 1.07 bits per heavy atom. The average molecular weight is 188 g/mol. The Kier molecular flexibility index (Phi) is 1.94. The molecule has 0 saturated heterocycles. The van der Waals surface area contributed by atoms with Crippen molar-refractivity contribution in [1.82, 2.24) is 0 Å². The van der Waals surface area contributed by atoms with Gasteiger partial charge < -0.3 is 0 Å². The molecule has 0 nitrogen and oxygen atoms in total. The van der Waals surface area contributed by atoms with Crippen LogP contribution in [0.3, 0.4) is 0 Å². The van der Waals surface area contributed by atoms with Crippen LogP contribution >= 0.6 is 0 Å². The molecule has 0 amide bonds. The molecule has 2 aromatic carbocycles. The van der Waals surface area contributed by atoms with E-state index in [0.29, 0.717) is 10.9 Å². The minimum Gasteiger partial charge on any atom is -0.204 e. The molecule has 0 bridgehead atoms. The van der Waals surface area contributed by atoms with Crippen LogP contribution in [0.5, 0.6) is 0 Å². The molecule has 0 aliphatic heterocycles. The monoisotopic (exact) mass is 188 g/mol. The van der Waals surface area contributed by atoms with Gasteiger partial charge in [0.1, 0.15) is 0 Å². The fourth-order valence-corrected chi connectivity index (χ4v) is 1.36. The van der Waals surface area contributed by atoms with E-state index in [0.717, 1.165) is 6.07 Å². The van der Waals surface area contributed by atoms with Crippen LogP contribution in [0.15, 0.2) is 30.3 Å². The van der Waals surface area contributed by atoms with E-state index in [-0.39, 0.29) is 5.39 Å². The van der Waals surface area contributed by atoms with Crippen molar-refractivity contribution in [3.8, 4) is 12.3 Å². The third kappa shape index (κ3) is 1.23. The van der Waals surface area contributed by atoms with Crippen molar-refractivity contribution in [2.75, 3.05) is 0 Å². The fourth-order valence-electron chi connectivity index (χ4n) is 1.36. The van der Waals surface area contributed by atoms with Gasteiger partial charge >= 0.3 is 0 Å². The highest BCUT2D eigenvalue weighted by Crippen LogP contribution is 2.21. The van der Waals surface area contributed by atoms with E-state index >= 15 is 0 Å². The lowest BCUT2D eigenvalue weighted by Gasteiger charge is -2.00. The second kappa shape index (κ2) is 3.12. The second-order valence-electron chi connectivity index (χ2n) is 2.94. The van der Waals surface area contributed by atoms with Crippen LogP contribution in [-0.4, -0.2) is 0 Å². The van der Waals surface area contributed by atoms with Gasteiger partial charge in [-0.3, -0.25) is 0 Å². The van der Waals surface area contributed by atoms with Crippen LogP contribution in [0.2, 0.25) is 0 Å². The van der Waals surface area contributed by atoms with Crippen molar-refractivity contribution in [3.05, 3.63) is 47.5 Å². The predicted molar refractivity (Wildman–Crippen MR) is 51.8 cm³/mol. The summed E-state index contributed by atoms with van der Waals surface area (Å²) in [6.45, 7) is 0. The predicted octanol–water partition coefficient (Wildman–Crippen LogP) is 3.10.